The van der Waals surface area contributed by atoms with Crippen molar-refractivity contribution in [1.82, 2.24) is 0 Å². The highest BCUT2D eigenvalue weighted by molar-refractivity contribution is 7.79. The van der Waals surface area contributed by atoms with Crippen LogP contribution >= 0.6 is 0 Å². The molecule has 1 atom stereocenters. The van der Waals surface area contributed by atoms with E-state index in [0.717, 1.165) is 25.7 Å². The highest BCUT2D eigenvalue weighted by Crippen LogP contribution is 2.20. The highest BCUT2D eigenvalue weighted by Gasteiger charge is 2.22. The first-order valence-electron chi connectivity index (χ1n) is 3.55. The van der Waals surface area contributed by atoms with Gasteiger partial charge in [0.05, 0.1) is 5.25 Å². The number of nitrogens with two attached hydrogens (primary N) is 1. The molecule has 3 nitrogen and oxygen atoms in total. The molecule has 1 saturated carbocycles. The molecule has 3 N–H and O–H groups in total. The zero-order chi connectivity index (χ0) is 7.56. The summed E-state index contributed by atoms with van der Waals surface area (Å²) < 4.78 is 19.2. The normalized spacial score (nSPS) is 37.4. The lowest BCUT2D eigenvalue weighted by Gasteiger charge is -2.22. The molecule has 1 rings (SSSR count). The summed E-state index contributed by atoms with van der Waals surface area (Å²) in [6.07, 6.45) is 3.42. The topological polar surface area (TPSA) is 63.3 Å². The Kier molecular flexibility index (Phi) is 2.82. The average molecular weight is 163 g/mol. The summed E-state index contributed by atoms with van der Waals surface area (Å²) in [5.41, 5.74) is 5.62. The van der Waals surface area contributed by atoms with E-state index in [1.807, 2.05) is 0 Å². The zero-order valence-electron chi connectivity index (χ0n) is 5.82. The third kappa shape index (κ3) is 2.04. The molecule has 0 heterocycles. The van der Waals surface area contributed by atoms with Gasteiger partial charge in [-0.25, -0.2) is 4.21 Å². The van der Waals surface area contributed by atoms with Crippen molar-refractivity contribution >= 4 is 11.1 Å². The molecule has 0 saturated heterocycles. The minimum atomic E-state index is -1.62. The number of hydrogen-bond acceptors (Lipinski definition) is 2. The summed E-state index contributed by atoms with van der Waals surface area (Å²) in [6, 6.07) is 0.264. The molecule has 0 bridgehead atoms. The van der Waals surface area contributed by atoms with Crippen molar-refractivity contribution in [3.63, 3.8) is 0 Å². The Labute approximate surface area is 63.3 Å². The van der Waals surface area contributed by atoms with Crippen molar-refractivity contribution < 1.29 is 8.76 Å². The van der Waals surface area contributed by atoms with Crippen LogP contribution in [-0.4, -0.2) is 20.1 Å². The summed E-state index contributed by atoms with van der Waals surface area (Å²) in [5, 5.41) is -0.0141. The third-order valence-electron chi connectivity index (χ3n) is 2.00. The average Bonchev–Trinajstić information content (AvgIpc) is 1.88. The molecular formula is C6H13NO2S. The Hall–Kier alpha value is 0.0700. The zero-order valence-corrected chi connectivity index (χ0v) is 6.64. The molecule has 10 heavy (non-hydrogen) atoms. The van der Waals surface area contributed by atoms with Gasteiger partial charge < -0.3 is 10.3 Å². The molecule has 4 heteroatoms. The summed E-state index contributed by atoms with van der Waals surface area (Å²) in [4.78, 5) is 0. The van der Waals surface area contributed by atoms with Gasteiger partial charge in [-0.2, -0.15) is 0 Å². The maximum atomic E-state index is 10.5. The van der Waals surface area contributed by atoms with E-state index in [9.17, 15) is 4.21 Å². The maximum Gasteiger partial charge on any atom is 0.155 e. The summed E-state index contributed by atoms with van der Waals surface area (Å²) in [7, 11) is 0. The first kappa shape index (κ1) is 8.17. The van der Waals surface area contributed by atoms with Gasteiger partial charge in [0.2, 0.25) is 0 Å². The molecule has 1 unspecified atom stereocenters. The second-order valence-electron chi connectivity index (χ2n) is 2.81. The lowest BCUT2D eigenvalue weighted by Crippen LogP contribution is -2.30. The quantitative estimate of drug-likeness (QED) is 0.552. The first-order valence-corrected chi connectivity index (χ1v) is 4.72. The van der Waals surface area contributed by atoms with Crippen molar-refractivity contribution in [2.45, 2.75) is 37.0 Å². The molecule has 0 spiro atoms. The van der Waals surface area contributed by atoms with E-state index in [0.29, 0.717) is 0 Å². The number of hydrogen-bond donors (Lipinski definition) is 2. The minimum absolute atomic E-state index is 0.0141. The van der Waals surface area contributed by atoms with Crippen molar-refractivity contribution in [2.24, 2.45) is 5.73 Å². The summed E-state index contributed by atoms with van der Waals surface area (Å²) in [6.45, 7) is 0. The lowest BCUT2D eigenvalue weighted by atomic mass is 9.96. The van der Waals surface area contributed by atoms with Crippen molar-refractivity contribution in [3.8, 4) is 0 Å². The van der Waals surface area contributed by atoms with Gasteiger partial charge in [-0.3, -0.25) is 0 Å². The fourth-order valence-corrected chi connectivity index (χ4v) is 1.97. The van der Waals surface area contributed by atoms with E-state index >= 15 is 0 Å². The minimum Gasteiger partial charge on any atom is -0.328 e. The molecular weight excluding hydrogens is 150 g/mol. The van der Waals surface area contributed by atoms with Crippen molar-refractivity contribution in [2.75, 3.05) is 0 Å². The molecule has 0 amide bonds. The molecule has 1 fully saturated rings. The van der Waals surface area contributed by atoms with Crippen molar-refractivity contribution in [1.29, 1.82) is 0 Å². The van der Waals surface area contributed by atoms with Crippen LogP contribution < -0.4 is 5.73 Å². The van der Waals surface area contributed by atoms with Gasteiger partial charge in [0.1, 0.15) is 0 Å². The van der Waals surface area contributed by atoms with Gasteiger partial charge in [0.25, 0.3) is 0 Å². The molecule has 1 aliphatic carbocycles. The van der Waals surface area contributed by atoms with Gasteiger partial charge in [-0.05, 0) is 25.7 Å². The van der Waals surface area contributed by atoms with Crippen LogP contribution in [0.4, 0.5) is 0 Å². The van der Waals surface area contributed by atoms with Crippen LogP contribution in [0.15, 0.2) is 0 Å². The Balaban J connectivity index is 2.33. The van der Waals surface area contributed by atoms with Crippen molar-refractivity contribution in [3.05, 3.63) is 0 Å². The van der Waals surface area contributed by atoms with Gasteiger partial charge in [-0.15, -0.1) is 0 Å². The maximum absolute atomic E-state index is 10.5. The fourth-order valence-electron chi connectivity index (χ4n) is 1.29. The summed E-state index contributed by atoms with van der Waals surface area (Å²) >= 11 is -1.62. The Morgan fingerprint density at radius 1 is 1.30 bits per heavy atom. The van der Waals surface area contributed by atoms with E-state index in [4.69, 9.17) is 10.3 Å². The second-order valence-corrected chi connectivity index (χ2v) is 4.03. The van der Waals surface area contributed by atoms with Crippen LogP contribution in [0.25, 0.3) is 0 Å². The van der Waals surface area contributed by atoms with E-state index in [1.165, 1.54) is 0 Å². The molecule has 0 aromatic rings. The molecule has 0 radical (unpaired) electrons. The van der Waals surface area contributed by atoms with E-state index < -0.39 is 11.1 Å². The first-order chi connectivity index (χ1) is 4.70. The Morgan fingerprint density at radius 2 is 1.80 bits per heavy atom. The summed E-state index contributed by atoms with van der Waals surface area (Å²) in [5.74, 6) is 0. The Morgan fingerprint density at radius 3 is 2.20 bits per heavy atom. The van der Waals surface area contributed by atoms with Gasteiger partial charge >= 0.3 is 0 Å². The van der Waals surface area contributed by atoms with Gasteiger partial charge in [-0.1, -0.05) is 0 Å². The third-order valence-corrected chi connectivity index (χ3v) is 3.05. The van der Waals surface area contributed by atoms with Crippen LogP contribution in [0, 0.1) is 0 Å². The SMILES string of the molecule is NC1CCC(S(=O)O)CC1. The molecule has 0 aromatic carbocycles. The lowest BCUT2D eigenvalue weighted by molar-refractivity contribution is 0.427. The van der Waals surface area contributed by atoms with Crippen LogP contribution in [0.1, 0.15) is 25.7 Å². The Bertz CT molecular complexity index is 132. The number of rotatable bonds is 1. The highest BCUT2D eigenvalue weighted by atomic mass is 32.2. The van der Waals surface area contributed by atoms with E-state index in [2.05, 4.69) is 0 Å². The van der Waals surface area contributed by atoms with Crippen LogP contribution in [0.2, 0.25) is 0 Å². The molecule has 0 aliphatic heterocycles. The van der Waals surface area contributed by atoms with Crippen LogP contribution in [-0.2, 0) is 11.1 Å². The van der Waals surface area contributed by atoms with Gasteiger partial charge in [0.15, 0.2) is 11.1 Å². The van der Waals surface area contributed by atoms with E-state index in [-0.39, 0.29) is 11.3 Å². The smallest absolute Gasteiger partial charge is 0.155 e. The largest absolute Gasteiger partial charge is 0.328 e. The van der Waals surface area contributed by atoms with Crippen LogP contribution in [0.5, 0.6) is 0 Å². The standard InChI is InChI=1S/C6H13NO2S/c7-5-1-3-6(4-2-5)10(8)9/h5-6H,1-4,7H2,(H,8,9). The molecule has 0 aromatic heterocycles. The predicted molar refractivity (Wildman–Crippen MR) is 41.0 cm³/mol. The predicted octanol–water partition coefficient (Wildman–Crippen LogP) is 0.478. The van der Waals surface area contributed by atoms with E-state index in [1.54, 1.807) is 0 Å². The van der Waals surface area contributed by atoms with Crippen LogP contribution in [0.3, 0.4) is 0 Å². The second kappa shape index (κ2) is 3.46. The fraction of sp³-hybridized carbons (Fsp3) is 1.00. The monoisotopic (exact) mass is 163 g/mol. The van der Waals surface area contributed by atoms with Gasteiger partial charge in [0, 0.05) is 6.04 Å². The molecule has 1 aliphatic rings. The molecule has 60 valence electrons.